The van der Waals surface area contributed by atoms with E-state index in [1.165, 1.54) is 11.1 Å². The van der Waals surface area contributed by atoms with Gasteiger partial charge in [0.2, 0.25) is 0 Å². The Labute approximate surface area is 104 Å². The minimum absolute atomic E-state index is 0.434. The zero-order chi connectivity index (χ0) is 12.4. The summed E-state index contributed by atoms with van der Waals surface area (Å²) in [6, 6.07) is 6.87. The summed E-state index contributed by atoms with van der Waals surface area (Å²) in [5, 5.41) is 0. The fourth-order valence-electron chi connectivity index (χ4n) is 2.46. The summed E-state index contributed by atoms with van der Waals surface area (Å²) in [4.78, 5) is 4.80. The summed E-state index contributed by atoms with van der Waals surface area (Å²) in [5.74, 6) is 1.00. The number of hydrogen-bond acceptors (Lipinski definition) is 3. The summed E-state index contributed by atoms with van der Waals surface area (Å²) in [5.41, 5.74) is 2.60. The summed E-state index contributed by atoms with van der Waals surface area (Å²) in [6.07, 6.45) is 0. The van der Waals surface area contributed by atoms with Crippen LogP contribution in [0.3, 0.4) is 0 Å². The third kappa shape index (κ3) is 2.61. The number of benzene rings is 1. The van der Waals surface area contributed by atoms with Crippen molar-refractivity contribution in [3.05, 3.63) is 29.3 Å². The minimum Gasteiger partial charge on any atom is -0.496 e. The van der Waals surface area contributed by atoms with Crippen LogP contribution in [0.2, 0.25) is 0 Å². The third-order valence-corrected chi connectivity index (χ3v) is 3.60. The largest absolute Gasteiger partial charge is 0.496 e. The van der Waals surface area contributed by atoms with Crippen molar-refractivity contribution in [1.82, 2.24) is 9.80 Å². The fourth-order valence-corrected chi connectivity index (χ4v) is 2.46. The van der Waals surface area contributed by atoms with Gasteiger partial charge in [0.1, 0.15) is 5.75 Å². The lowest BCUT2D eigenvalue weighted by atomic mass is 10.00. The number of nitrogens with zero attached hydrogens (tertiary/aromatic N) is 2. The van der Waals surface area contributed by atoms with Crippen LogP contribution in [-0.2, 0) is 0 Å². The van der Waals surface area contributed by atoms with Crippen LogP contribution in [0, 0.1) is 6.92 Å². The Morgan fingerprint density at radius 2 is 2.00 bits per heavy atom. The van der Waals surface area contributed by atoms with E-state index in [2.05, 4.69) is 49.0 Å². The zero-order valence-electron chi connectivity index (χ0n) is 11.2. The Bertz CT molecular complexity index is 392. The van der Waals surface area contributed by atoms with Crippen LogP contribution in [0.15, 0.2) is 18.2 Å². The average Bonchev–Trinajstić information content (AvgIpc) is 2.32. The van der Waals surface area contributed by atoms with Crippen molar-refractivity contribution in [1.29, 1.82) is 0 Å². The van der Waals surface area contributed by atoms with Gasteiger partial charge in [0.25, 0.3) is 0 Å². The molecular weight excluding hydrogens is 212 g/mol. The van der Waals surface area contributed by atoms with Crippen LogP contribution in [0.25, 0.3) is 0 Å². The first-order valence-corrected chi connectivity index (χ1v) is 6.15. The number of ether oxygens (including phenoxy) is 1. The molecule has 3 heteroatoms. The lowest BCUT2D eigenvalue weighted by Gasteiger charge is -2.38. The molecule has 3 nitrogen and oxygen atoms in total. The molecule has 0 saturated carbocycles. The maximum Gasteiger partial charge on any atom is 0.123 e. The Kier molecular flexibility index (Phi) is 3.69. The summed E-state index contributed by atoms with van der Waals surface area (Å²) in [6.45, 7) is 5.45. The van der Waals surface area contributed by atoms with E-state index in [4.69, 9.17) is 4.74 Å². The molecule has 1 aliphatic heterocycles. The normalized spacial score (nSPS) is 22.7. The van der Waals surface area contributed by atoms with Crippen LogP contribution in [-0.4, -0.2) is 50.6 Å². The quantitative estimate of drug-likeness (QED) is 0.777. The van der Waals surface area contributed by atoms with Crippen LogP contribution in [0.1, 0.15) is 17.2 Å². The van der Waals surface area contributed by atoms with Crippen molar-refractivity contribution in [3.63, 3.8) is 0 Å². The molecular formula is C14H22N2O. The topological polar surface area (TPSA) is 15.7 Å². The van der Waals surface area contributed by atoms with Crippen molar-refractivity contribution < 1.29 is 4.74 Å². The van der Waals surface area contributed by atoms with Gasteiger partial charge in [-0.15, -0.1) is 0 Å². The second kappa shape index (κ2) is 5.07. The Balaban J connectivity index is 2.33. The van der Waals surface area contributed by atoms with E-state index in [-0.39, 0.29) is 0 Å². The van der Waals surface area contributed by atoms with Gasteiger partial charge >= 0.3 is 0 Å². The van der Waals surface area contributed by atoms with Crippen molar-refractivity contribution in [2.24, 2.45) is 0 Å². The van der Waals surface area contributed by atoms with E-state index in [1.807, 2.05) is 0 Å². The highest BCUT2D eigenvalue weighted by atomic mass is 16.5. The van der Waals surface area contributed by atoms with E-state index >= 15 is 0 Å². The predicted molar refractivity (Wildman–Crippen MR) is 70.6 cm³/mol. The SMILES string of the molecule is COc1ccc(C)cc1C1CN(C)CCN1C. The van der Waals surface area contributed by atoms with E-state index in [1.54, 1.807) is 7.11 Å². The first-order chi connectivity index (χ1) is 8.11. The van der Waals surface area contributed by atoms with Crippen LogP contribution in [0.4, 0.5) is 0 Å². The van der Waals surface area contributed by atoms with Crippen molar-refractivity contribution in [2.45, 2.75) is 13.0 Å². The molecule has 1 aromatic rings. The van der Waals surface area contributed by atoms with Gasteiger partial charge in [-0.2, -0.15) is 0 Å². The molecule has 94 valence electrons. The van der Waals surface area contributed by atoms with Crippen molar-refractivity contribution in [2.75, 3.05) is 40.8 Å². The average molecular weight is 234 g/mol. The standard InChI is InChI=1S/C14H22N2O/c1-11-5-6-14(17-4)12(9-11)13-10-15(2)7-8-16(13)3/h5-6,9,13H,7-8,10H2,1-4H3. The van der Waals surface area contributed by atoms with E-state index < -0.39 is 0 Å². The molecule has 0 aliphatic carbocycles. The zero-order valence-corrected chi connectivity index (χ0v) is 11.2. The maximum atomic E-state index is 5.49. The first-order valence-electron chi connectivity index (χ1n) is 6.15. The summed E-state index contributed by atoms with van der Waals surface area (Å²) >= 11 is 0. The lowest BCUT2D eigenvalue weighted by Crippen LogP contribution is -2.44. The monoisotopic (exact) mass is 234 g/mol. The number of hydrogen-bond donors (Lipinski definition) is 0. The van der Waals surface area contributed by atoms with Crippen LogP contribution < -0.4 is 4.74 Å². The molecule has 0 spiro atoms. The fraction of sp³-hybridized carbons (Fsp3) is 0.571. The molecule has 17 heavy (non-hydrogen) atoms. The molecule has 0 aromatic heterocycles. The smallest absolute Gasteiger partial charge is 0.123 e. The van der Waals surface area contributed by atoms with Gasteiger partial charge < -0.3 is 9.64 Å². The molecule has 0 radical (unpaired) electrons. The lowest BCUT2D eigenvalue weighted by molar-refractivity contribution is 0.113. The maximum absolute atomic E-state index is 5.49. The van der Waals surface area contributed by atoms with Crippen LogP contribution >= 0.6 is 0 Å². The minimum atomic E-state index is 0.434. The van der Waals surface area contributed by atoms with Crippen molar-refractivity contribution >= 4 is 0 Å². The Hall–Kier alpha value is -1.06. The second-order valence-electron chi connectivity index (χ2n) is 5.00. The molecule has 1 unspecified atom stereocenters. The van der Waals surface area contributed by atoms with E-state index in [0.29, 0.717) is 6.04 Å². The Morgan fingerprint density at radius 3 is 2.71 bits per heavy atom. The molecule has 0 bridgehead atoms. The van der Waals surface area contributed by atoms with Gasteiger partial charge in [-0.3, -0.25) is 4.90 Å². The molecule has 1 heterocycles. The number of likely N-dealkylation sites (N-methyl/N-ethyl adjacent to an activating group) is 2. The first kappa shape index (κ1) is 12.4. The summed E-state index contributed by atoms with van der Waals surface area (Å²) in [7, 11) is 6.13. The highest BCUT2D eigenvalue weighted by Crippen LogP contribution is 2.31. The molecule has 2 rings (SSSR count). The van der Waals surface area contributed by atoms with Crippen molar-refractivity contribution in [3.8, 4) is 5.75 Å². The highest BCUT2D eigenvalue weighted by Gasteiger charge is 2.26. The molecule has 1 aliphatic rings. The van der Waals surface area contributed by atoms with Crippen LogP contribution in [0.5, 0.6) is 5.75 Å². The van der Waals surface area contributed by atoms with Gasteiger partial charge in [0.05, 0.1) is 13.2 Å². The number of rotatable bonds is 2. The number of methoxy groups -OCH3 is 1. The van der Waals surface area contributed by atoms with E-state index in [0.717, 1.165) is 25.4 Å². The highest BCUT2D eigenvalue weighted by molar-refractivity contribution is 5.39. The number of piperazine rings is 1. The molecule has 1 aromatic carbocycles. The predicted octanol–water partition coefficient (Wildman–Crippen LogP) is 1.92. The molecule has 0 amide bonds. The second-order valence-corrected chi connectivity index (χ2v) is 5.00. The van der Waals surface area contributed by atoms with Gasteiger partial charge in [-0.05, 0) is 27.1 Å². The third-order valence-electron chi connectivity index (χ3n) is 3.60. The van der Waals surface area contributed by atoms with Gasteiger partial charge in [0, 0.05) is 25.2 Å². The van der Waals surface area contributed by atoms with Gasteiger partial charge in [-0.25, -0.2) is 0 Å². The van der Waals surface area contributed by atoms with E-state index in [9.17, 15) is 0 Å². The molecule has 1 atom stereocenters. The number of aryl methyl sites for hydroxylation is 1. The summed E-state index contributed by atoms with van der Waals surface area (Å²) < 4.78 is 5.49. The van der Waals surface area contributed by atoms with Gasteiger partial charge in [-0.1, -0.05) is 17.7 Å². The molecule has 1 fully saturated rings. The Morgan fingerprint density at radius 1 is 1.24 bits per heavy atom. The van der Waals surface area contributed by atoms with Gasteiger partial charge in [0.15, 0.2) is 0 Å². The molecule has 1 saturated heterocycles. The molecule has 0 N–H and O–H groups in total.